The van der Waals surface area contributed by atoms with Crippen LogP contribution in [0.4, 0.5) is 13.2 Å². The summed E-state index contributed by atoms with van der Waals surface area (Å²) in [4.78, 5) is 0. The number of hydrogen-bond donors (Lipinski definition) is 0. The summed E-state index contributed by atoms with van der Waals surface area (Å²) in [5.74, 6) is 0. The number of benzene rings is 1. The molecular formula is C13H14ClF3. The van der Waals surface area contributed by atoms with Crippen LogP contribution in [0.5, 0.6) is 0 Å². The number of aryl methyl sites for hydroxylation is 1. The molecule has 0 nitrogen and oxygen atoms in total. The highest BCUT2D eigenvalue weighted by Crippen LogP contribution is 2.19. The first-order chi connectivity index (χ1) is 7.97. The van der Waals surface area contributed by atoms with Crippen LogP contribution in [0.15, 0.2) is 42.5 Å². The Morgan fingerprint density at radius 1 is 1.18 bits per heavy atom. The van der Waals surface area contributed by atoms with Crippen LogP contribution in [0.3, 0.4) is 0 Å². The third kappa shape index (κ3) is 7.05. The summed E-state index contributed by atoms with van der Waals surface area (Å²) >= 11 is 5.77. The number of halogens is 4. The van der Waals surface area contributed by atoms with Crippen LogP contribution in [-0.4, -0.2) is 11.6 Å². The van der Waals surface area contributed by atoms with Gasteiger partial charge in [-0.25, -0.2) is 0 Å². The Morgan fingerprint density at radius 3 is 2.41 bits per heavy atom. The Bertz CT molecular complexity index is 343. The molecule has 4 heteroatoms. The molecule has 0 bridgehead atoms. The van der Waals surface area contributed by atoms with Crippen LogP contribution in [0, 0.1) is 0 Å². The molecule has 1 aromatic carbocycles. The zero-order chi connectivity index (χ0) is 12.7. The minimum atomic E-state index is -4.27. The van der Waals surface area contributed by atoms with Crippen molar-refractivity contribution in [3.8, 4) is 0 Å². The van der Waals surface area contributed by atoms with E-state index in [1.165, 1.54) is 5.56 Å². The molecule has 0 aliphatic rings. The van der Waals surface area contributed by atoms with Crippen molar-refractivity contribution in [1.82, 2.24) is 0 Å². The molecule has 0 aromatic heterocycles. The molecule has 0 heterocycles. The third-order valence-corrected chi connectivity index (χ3v) is 2.65. The van der Waals surface area contributed by atoms with E-state index in [4.69, 9.17) is 11.6 Å². The van der Waals surface area contributed by atoms with Crippen molar-refractivity contribution in [3.05, 3.63) is 48.0 Å². The number of allylic oxidation sites excluding steroid dienone is 2. The summed E-state index contributed by atoms with van der Waals surface area (Å²) in [6.45, 7) is 0. The average Bonchev–Trinajstić information content (AvgIpc) is 2.27. The van der Waals surface area contributed by atoms with E-state index in [0.717, 1.165) is 18.9 Å². The normalized spacial score (nSPS) is 14.1. The van der Waals surface area contributed by atoms with E-state index < -0.39 is 11.6 Å². The molecule has 0 aliphatic heterocycles. The molecule has 1 atom stereocenters. The molecule has 1 rings (SSSR count). The van der Waals surface area contributed by atoms with Crippen molar-refractivity contribution < 1.29 is 13.2 Å². The van der Waals surface area contributed by atoms with Gasteiger partial charge in [-0.1, -0.05) is 36.4 Å². The van der Waals surface area contributed by atoms with E-state index in [9.17, 15) is 13.2 Å². The molecule has 0 N–H and O–H groups in total. The molecule has 0 spiro atoms. The van der Waals surface area contributed by atoms with Gasteiger partial charge in [0.05, 0.1) is 5.38 Å². The highest BCUT2D eigenvalue weighted by molar-refractivity contribution is 6.21. The zero-order valence-corrected chi connectivity index (χ0v) is 10.0. The first-order valence-electron chi connectivity index (χ1n) is 5.41. The predicted octanol–water partition coefficient (Wildman–Crippen LogP) is 4.74. The molecule has 0 radical (unpaired) electrons. The van der Waals surface area contributed by atoms with Crippen molar-refractivity contribution in [1.29, 1.82) is 0 Å². The standard InChI is InChI=1S/C13H14ClF3/c14-12(9-10-13(15,16)17)8-4-7-11-5-2-1-3-6-11/h1-3,5-6,9-10,12H,4,7-8H2. The average molecular weight is 263 g/mol. The van der Waals surface area contributed by atoms with E-state index in [1.54, 1.807) is 0 Å². The molecule has 0 fully saturated rings. The highest BCUT2D eigenvalue weighted by Gasteiger charge is 2.22. The van der Waals surface area contributed by atoms with Gasteiger partial charge >= 0.3 is 6.18 Å². The molecule has 0 saturated heterocycles. The summed E-state index contributed by atoms with van der Waals surface area (Å²) in [5.41, 5.74) is 1.18. The van der Waals surface area contributed by atoms with Crippen LogP contribution in [-0.2, 0) is 6.42 Å². The number of hydrogen-bond acceptors (Lipinski definition) is 0. The molecule has 1 aromatic rings. The lowest BCUT2D eigenvalue weighted by molar-refractivity contribution is -0.0800. The molecule has 0 saturated carbocycles. The maximum absolute atomic E-state index is 11.9. The maximum atomic E-state index is 11.9. The summed E-state index contributed by atoms with van der Waals surface area (Å²) in [7, 11) is 0. The Kier molecular flexibility index (Phi) is 5.56. The van der Waals surface area contributed by atoms with Crippen molar-refractivity contribution in [3.63, 3.8) is 0 Å². The minimum absolute atomic E-state index is 0.202. The summed E-state index contributed by atoms with van der Waals surface area (Å²) in [5, 5.41) is -0.555. The van der Waals surface area contributed by atoms with Crippen LogP contribution in [0.25, 0.3) is 0 Å². The van der Waals surface area contributed by atoms with Crippen molar-refractivity contribution in [2.45, 2.75) is 30.8 Å². The van der Waals surface area contributed by atoms with Crippen LogP contribution in [0.2, 0.25) is 0 Å². The first-order valence-corrected chi connectivity index (χ1v) is 5.85. The molecular weight excluding hydrogens is 249 g/mol. The second kappa shape index (κ2) is 6.70. The Morgan fingerprint density at radius 2 is 1.82 bits per heavy atom. The van der Waals surface area contributed by atoms with Crippen molar-refractivity contribution >= 4 is 11.6 Å². The quantitative estimate of drug-likeness (QED) is 0.531. The lowest BCUT2D eigenvalue weighted by Crippen LogP contribution is -2.03. The molecule has 0 aliphatic carbocycles. The van der Waals surface area contributed by atoms with Gasteiger partial charge in [-0.15, -0.1) is 11.6 Å². The van der Waals surface area contributed by atoms with Crippen molar-refractivity contribution in [2.24, 2.45) is 0 Å². The van der Waals surface area contributed by atoms with Gasteiger partial charge in [0, 0.05) is 6.08 Å². The van der Waals surface area contributed by atoms with Gasteiger partial charge in [0.25, 0.3) is 0 Å². The minimum Gasteiger partial charge on any atom is -0.167 e. The lowest BCUT2D eigenvalue weighted by Gasteiger charge is -2.05. The topological polar surface area (TPSA) is 0 Å². The van der Waals surface area contributed by atoms with Crippen LogP contribution < -0.4 is 0 Å². The highest BCUT2D eigenvalue weighted by atomic mass is 35.5. The Labute approximate surface area is 104 Å². The fourth-order valence-electron chi connectivity index (χ4n) is 1.46. The summed E-state index contributed by atoms with van der Waals surface area (Å²) in [6.07, 6.45) is -0.903. The Balaban J connectivity index is 2.25. The van der Waals surface area contributed by atoms with E-state index in [0.29, 0.717) is 6.42 Å². The lowest BCUT2D eigenvalue weighted by atomic mass is 10.1. The zero-order valence-electron chi connectivity index (χ0n) is 9.25. The SMILES string of the molecule is FC(F)(F)C=CC(Cl)CCCc1ccccc1. The second-order valence-corrected chi connectivity index (χ2v) is 4.36. The smallest absolute Gasteiger partial charge is 0.167 e. The predicted molar refractivity (Wildman–Crippen MR) is 64.2 cm³/mol. The molecule has 94 valence electrons. The van der Waals surface area contributed by atoms with Gasteiger partial charge in [0.1, 0.15) is 0 Å². The molecule has 1 unspecified atom stereocenters. The van der Waals surface area contributed by atoms with Gasteiger partial charge in [-0.05, 0) is 24.8 Å². The number of alkyl halides is 4. The van der Waals surface area contributed by atoms with Gasteiger partial charge in [-0.2, -0.15) is 13.2 Å². The van der Waals surface area contributed by atoms with Crippen LogP contribution in [0.1, 0.15) is 18.4 Å². The monoisotopic (exact) mass is 262 g/mol. The van der Waals surface area contributed by atoms with Crippen LogP contribution >= 0.6 is 11.6 Å². The van der Waals surface area contributed by atoms with E-state index >= 15 is 0 Å². The fourth-order valence-corrected chi connectivity index (χ4v) is 1.68. The second-order valence-electron chi connectivity index (χ2n) is 3.79. The number of rotatable bonds is 5. The summed E-state index contributed by atoms with van der Waals surface area (Å²) in [6, 6.07) is 9.80. The maximum Gasteiger partial charge on any atom is 0.409 e. The van der Waals surface area contributed by atoms with Gasteiger partial charge in [-0.3, -0.25) is 0 Å². The van der Waals surface area contributed by atoms with E-state index in [2.05, 4.69) is 0 Å². The largest absolute Gasteiger partial charge is 0.409 e. The van der Waals surface area contributed by atoms with Gasteiger partial charge < -0.3 is 0 Å². The third-order valence-electron chi connectivity index (χ3n) is 2.28. The van der Waals surface area contributed by atoms with E-state index in [1.807, 2.05) is 30.3 Å². The first kappa shape index (κ1) is 14.1. The van der Waals surface area contributed by atoms with Gasteiger partial charge in [0.2, 0.25) is 0 Å². The van der Waals surface area contributed by atoms with E-state index in [-0.39, 0.29) is 6.08 Å². The molecule has 0 amide bonds. The Hall–Kier alpha value is -0.960. The summed E-state index contributed by atoms with van der Waals surface area (Å²) < 4.78 is 35.6. The fraction of sp³-hybridized carbons (Fsp3) is 0.385. The molecule has 17 heavy (non-hydrogen) atoms. The van der Waals surface area contributed by atoms with Crippen molar-refractivity contribution in [2.75, 3.05) is 0 Å². The van der Waals surface area contributed by atoms with Gasteiger partial charge in [0.15, 0.2) is 0 Å².